The Bertz CT molecular complexity index is 339. The molecule has 1 aliphatic heterocycles. The monoisotopic (exact) mass is 248 g/mol. The predicted octanol–water partition coefficient (Wildman–Crippen LogP) is 1.83. The Hall–Kier alpha value is -1.00. The third-order valence-corrected chi connectivity index (χ3v) is 3.47. The van der Waals surface area contributed by atoms with Crippen LogP contribution >= 0.6 is 0 Å². The average molecular weight is 248 g/mol. The Balaban J connectivity index is 1.91. The lowest BCUT2D eigenvalue weighted by Crippen LogP contribution is -2.46. The van der Waals surface area contributed by atoms with Crippen molar-refractivity contribution in [2.75, 3.05) is 13.1 Å². The standard InChI is InChI=1S/C14H24N4/c1-12(2)17-10-13-6-3-4-9-18(13)11-14-15-7-5-8-16-14/h5,7-8,12-13,17H,3-4,6,9-11H2,1-2H3. The van der Waals surface area contributed by atoms with Gasteiger partial charge >= 0.3 is 0 Å². The van der Waals surface area contributed by atoms with Crippen LogP contribution in [0.1, 0.15) is 38.9 Å². The molecule has 1 saturated heterocycles. The molecular formula is C14H24N4. The summed E-state index contributed by atoms with van der Waals surface area (Å²) in [6, 6.07) is 3.06. The van der Waals surface area contributed by atoms with Crippen LogP contribution in [0.5, 0.6) is 0 Å². The van der Waals surface area contributed by atoms with E-state index in [1.54, 1.807) is 0 Å². The number of likely N-dealkylation sites (tertiary alicyclic amines) is 1. The van der Waals surface area contributed by atoms with E-state index in [0.717, 1.165) is 18.9 Å². The highest BCUT2D eigenvalue weighted by Gasteiger charge is 2.22. The van der Waals surface area contributed by atoms with Crippen LogP contribution in [0.25, 0.3) is 0 Å². The normalized spacial score (nSPS) is 21.4. The molecule has 1 fully saturated rings. The molecule has 0 aromatic carbocycles. The number of hydrogen-bond acceptors (Lipinski definition) is 4. The van der Waals surface area contributed by atoms with E-state index in [-0.39, 0.29) is 0 Å². The van der Waals surface area contributed by atoms with Gasteiger partial charge in [-0.2, -0.15) is 0 Å². The summed E-state index contributed by atoms with van der Waals surface area (Å²) in [7, 11) is 0. The van der Waals surface area contributed by atoms with Gasteiger partial charge in [0.05, 0.1) is 6.54 Å². The summed E-state index contributed by atoms with van der Waals surface area (Å²) in [5.41, 5.74) is 0. The van der Waals surface area contributed by atoms with E-state index >= 15 is 0 Å². The summed E-state index contributed by atoms with van der Waals surface area (Å²) in [5, 5.41) is 3.55. The maximum absolute atomic E-state index is 4.33. The number of rotatable bonds is 5. The molecule has 0 aliphatic carbocycles. The smallest absolute Gasteiger partial charge is 0.142 e. The van der Waals surface area contributed by atoms with Crippen molar-refractivity contribution >= 4 is 0 Å². The van der Waals surface area contributed by atoms with Gasteiger partial charge in [-0.05, 0) is 25.5 Å². The minimum atomic E-state index is 0.557. The van der Waals surface area contributed by atoms with Gasteiger partial charge in [0.25, 0.3) is 0 Å². The van der Waals surface area contributed by atoms with Crippen LogP contribution in [0.3, 0.4) is 0 Å². The SMILES string of the molecule is CC(C)NCC1CCCCN1Cc1ncccn1. The fourth-order valence-electron chi connectivity index (χ4n) is 2.46. The predicted molar refractivity (Wildman–Crippen MR) is 73.2 cm³/mol. The first-order valence-electron chi connectivity index (χ1n) is 6.99. The lowest BCUT2D eigenvalue weighted by atomic mass is 10.0. The van der Waals surface area contributed by atoms with Crippen molar-refractivity contribution < 1.29 is 0 Å². The fraction of sp³-hybridized carbons (Fsp3) is 0.714. The summed E-state index contributed by atoms with van der Waals surface area (Å²) in [5.74, 6) is 0.939. The summed E-state index contributed by atoms with van der Waals surface area (Å²) in [6.07, 6.45) is 7.58. The van der Waals surface area contributed by atoms with Gasteiger partial charge in [-0.3, -0.25) is 4.90 Å². The van der Waals surface area contributed by atoms with Crippen LogP contribution in [0.4, 0.5) is 0 Å². The molecule has 0 amide bonds. The highest BCUT2D eigenvalue weighted by molar-refractivity contribution is 4.91. The number of piperidine rings is 1. The molecule has 2 heterocycles. The van der Waals surface area contributed by atoms with Gasteiger partial charge in [-0.1, -0.05) is 20.3 Å². The Labute approximate surface area is 110 Å². The van der Waals surface area contributed by atoms with Gasteiger partial charge in [0, 0.05) is 31.0 Å². The highest BCUT2D eigenvalue weighted by atomic mass is 15.2. The topological polar surface area (TPSA) is 41.0 Å². The highest BCUT2D eigenvalue weighted by Crippen LogP contribution is 2.18. The third kappa shape index (κ3) is 4.03. The van der Waals surface area contributed by atoms with Crippen molar-refractivity contribution in [1.82, 2.24) is 20.2 Å². The Morgan fingerprint density at radius 3 is 2.83 bits per heavy atom. The molecule has 0 radical (unpaired) electrons. The second-order valence-electron chi connectivity index (χ2n) is 5.35. The molecular weight excluding hydrogens is 224 g/mol. The molecule has 1 aromatic rings. The zero-order valence-electron chi connectivity index (χ0n) is 11.5. The first-order chi connectivity index (χ1) is 8.75. The third-order valence-electron chi connectivity index (χ3n) is 3.47. The van der Waals surface area contributed by atoms with Gasteiger partial charge in [0.15, 0.2) is 0 Å². The molecule has 2 rings (SSSR count). The molecule has 1 unspecified atom stereocenters. The Morgan fingerprint density at radius 2 is 2.11 bits per heavy atom. The lowest BCUT2D eigenvalue weighted by Gasteiger charge is -2.35. The summed E-state index contributed by atoms with van der Waals surface area (Å²) < 4.78 is 0. The van der Waals surface area contributed by atoms with Gasteiger partial charge < -0.3 is 5.32 Å². The average Bonchev–Trinajstić information content (AvgIpc) is 2.39. The van der Waals surface area contributed by atoms with E-state index in [0.29, 0.717) is 12.1 Å². The van der Waals surface area contributed by atoms with Crippen LogP contribution in [0.15, 0.2) is 18.5 Å². The van der Waals surface area contributed by atoms with E-state index in [1.165, 1.54) is 25.8 Å². The second-order valence-corrected chi connectivity index (χ2v) is 5.35. The maximum atomic E-state index is 4.33. The number of hydrogen-bond donors (Lipinski definition) is 1. The summed E-state index contributed by atoms with van der Waals surface area (Å²) >= 11 is 0. The second kappa shape index (κ2) is 6.81. The molecule has 100 valence electrons. The van der Waals surface area contributed by atoms with Crippen LogP contribution < -0.4 is 5.32 Å². The minimum absolute atomic E-state index is 0.557. The van der Waals surface area contributed by atoms with E-state index < -0.39 is 0 Å². The van der Waals surface area contributed by atoms with Crippen molar-refractivity contribution in [2.45, 2.75) is 51.7 Å². The summed E-state index contributed by atoms with van der Waals surface area (Å²) in [6.45, 7) is 7.53. The Kier molecular flexibility index (Phi) is 5.08. The van der Waals surface area contributed by atoms with Gasteiger partial charge in [0.1, 0.15) is 5.82 Å². The largest absolute Gasteiger partial charge is 0.313 e. The minimum Gasteiger partial charge on any atom is -0.313 e. The number of nitrogens with zero attached hydrogens (tertiary/aromatic N) is 3. The maximum Gasteiger partial charge on any atom is 0.142 e. The van der Waals surface area contributed by atoms with Crippen LogP contribution in [0, 0.1) is 0 Å². The van der Waals surface area contributed by atoms with Crippen LogP contribution in [0.2, 0.25) is 0 Å². The first-order valence-corrected chi connectivity index (χ1v) is 6.99. The van der Waals surface area contributed by atoms with Crippen LogP contribution in [-0.4, -0.2) is 40.0 Å². The molecule has 1 aromatic heterocycles. The van der Waals surface area contributed by atoms with Gasteiger partial charge in [-0.15, -0.1) is 0 Å². The van der Waals surface area contributed by atoms with Crippen molar-refractivity contribution in [3.05, 3.63) is 24.3 Å². The van der Waals surface area contributed by atoms with E-state index in [1.807, 2.05) is 18.5 Å². The molecule has 4 heteroatoms. The molecule has 1 N–H and O–H groups in total. The fourth-order valence-corrected chi connectivity index (χ4v) is 2.46. The van der Waals surface area contributed by atoms with Crippen LogP contribution in [-0.2, 0) is 6.54 Å². The summed E-state index contributed by atoms with van der Waals surface area (Å²) in [4.78, 5) is 11.2. The molecule has 0 spiro atoms. The van der Waals surface area contributed by atoms with Crippen molar-refractivity contribution in [2.24, 2.45) is 0 Å². The quantitative estimate of drug-likeness (QED) is 0.863. The Morgan fingerprint density at radius 1 is 1.33 bits per heavy atom. The number of nitrogens with one attached hydrogen (secondary N) is 1. The van der Waals surface area contributed by atoms with E-state index in [2.05, 4.69) is 34.0 Å². The van der Waals surface area contributed by atoms with Gasteiger partial charge in [-0.25, -0.2) is 9.97 Å². The molecule has 1 atom stereocenters. The zero-order chi connectivity index (χ0) is 12.8. The first kappa shape index (κ1) is 13.4. The van der Waals surface area contributed by atoms with Crippen molar-refractivity contribution in [3.63, 3.8) is 0 Å². The van der Waals surface area contributed by atoms with Gasteiger partial charge in [0.2, 0.25) is 0 Å². The van der Waals surface area contributed by atoms with E-state index in [4.69, 9.17) is 0 Å². The van der Waals surface area contributed by atoms with E-state index in [9.17, 15) is 0 Å². The molecule has 18 heavy (non-hydrogen) atoms. The molecule has 0 bridgehead atoms. The lowest BCUT2D eigenvalue weighted by molar-refractivity contribution is 0.132. The zero-order valence-corrected chi connectivity index (χ0v) is 11.5. The van der Waals surface area contributed by atoms with Crippen molar-refractivity contribution in [3.8, 4) is 0 Å². The number of aromatic nitrogens is 2. The molecule has 4 nitrogen and oxygen atoms in total. The molecule has 1 aliphatic rings. The van der Waals surface area contributed by atoms with Crippen molar-refractivity contribution in [1.29, 1.82) is 0 Å². The molecule has 0 saturated carbocycles.